The molecule has 0 aliphatic carbocycles. The molecule has 0 atom stereocenters. The molecule has 0 fully saturated rings. The van der Waals surface area contributed by atoms with Crippen LogP contribution in [0.2, 0.25) is 0 Å². The summed E-state index contributed by atoms with van der Waals surface area (Å²) < 4.78 is 32.2. The predicted molar refractivity (Wildman–Crippen MR) is 117 cm³/mol. The number of anilines is 1. The van der Waals surface area contributed by atoms with Crippen molar-refractivity contribution in [2.45, 2.75) is 11.4 Å². The fourth-order valence-electron chi connectivity index (χ4n) is 2.63. The van der Waals surface area contributed by atoms with Crippen molar-refractivity contribution in [3.8, 4) is 0 Å². The van der Waals surface area contributed by atoms with Crippen LogP contribution in [0.15, 0.2) is 82.3 Å². The van der Waals surface area contributed by atoms with Crippen LogP contribution in [0, 0.1) is 0 Å². The van der Waals surface area contributed by atoms with Crippen molar-refractivity contribution in [2.24, 2.45) is 0 Å². The first-order valence-corrected chi connectivity index (χ1v) is 10.8. The van der Waals surface area contributed by atoms with E-state index in [4.69, 9.17) is 4.42 Å². The predicted octanol–water partition coefficient (Wildman–Crippen LogP) is 2.77. The van der Waals surface area contributed by atoms with Gasteiger partial charge in [0.15, 0.2) is 0 Å². The average molecular weight is 439 g/mol. The monoisotopic (exact) mass is 439 g/mol. The standard InChI is InChI=1S/C22H21N3O5S/c1-23-22(27)17-7-9-18(10-8-17)25-21(26)13-6-16-4-11-20(12-5-16)31(28,29)24-15-19-3-2-14-30-19/h2-14,24H,15H2,1H3,(H,23,27)(H,25,26)/b13-6+. The summed E-state index contributed by atoms with van der Waals surface area (Å²) >= 11 is 0. The molecule has 0 radical (unpaired) electrons. The minimum Gasteiger partial charge on any atom is -0.468 e. The van der Waals surface area contributed by atoms with Gasteiger partial charge in [0.25, 0.3) is 5.91 Å². The third-order valence-corrected chi connectivity index (χ3v) is 5.69. The highest BCUT2D eigenvalue weighted by Gasteiger charge is 2.14. The van der Waals surface area contributed by atoms with E-state index in [2.05, 4.69) is 15.4 Å². The van der Waals surface area contributed by atoms with E-state index >= 15 is 0 Å². The topological polar surface area (TPSA) is 118 Å². The van der Waals surface area contributed by atoms with Crippen molar-refractivity contribution >= 4 is 33.6 Å². The minimum atomic E-state index is -3.68. The van der Waals surface area contributed by atoms with Gasteiger partial charge in [0, 0.05) is 24.4 Å². The van der Waals surface area contributed by atoms with Gasteiger partial charge in [0.2, 0.25) is 15.9 Å². The van der Waals surface area contributed by atoms with Gasteiger partial charge in [-0.1, -0.05) is 12.1 Å². The fourth-order valence-corrected chi connectivity index (χ4v) is 3.62. The molecule has 0 bridgehead atoms. The van der Waals surface area contributed by atoms with Gasteiger partial charge in [0.05, 0.1) is 17.7 Å². The number of nitrogens with one attached hydrogen (secondary N) is 3. The number of hydrogen-bond donors (Lipinski definition) is 3. The summed E-state index contributed by atoms with van der Waals surface area (Å²) in [7, 11) is -2.13. The second-order valence-corrected chi connectivity index (χ2v) is 8.22. The fraction of sp³-hybridized carbons (Fsp3) is 0.0909. The summed E-state index contributed by atoms with van der Waals surface area (Å²) in [5.74, 6) is -0.0543. The molecule has 160 valence electrons. The van der Waals surface area contributed by atoms with E-state index in [9.17, 15) is 18.0 Å². The molecule has 1 aromatic heterocycles. The lowest BCUT2D eigenvalue weighted by Crippen LogP contribution is -2.22. The molecule has 1 heterocycles. The van der Waals surface area contributed by atoms with E-state index in [1.54, 1.807) is 61.7 Å². The van der Waals surface area contributed by atoms with Gasteiger partial charge < -0.3 is 15.1 Å². The van der Waals surface area contributed by atoms with E-state index in [1.807, 2.05) is 0 Å². The molecule has 3 N–H and O–H groups in total. The number of carbonyl (C=O) groups excluding carboxylic acids is 2. The van der Waals surface area contributed by atoms with Crippen molar-refractivity contribution in [1.29, 1.82) is 0 Å². The molecular formula is C22H21N3O5S. The molecule has 0 aliphatic rings. The Balaban J connectivity index is 1.57. The average Bonchev–Trinajstić information content (AvgIpc) is 3.30. The molecule has 0 saturated heterocycles. The number of rotatable bonds is 8. The van der Waals surface area contributed by atoms with Gasteiger partial charge in [-0.3, -0.25) is 9.59 Å². The lowest BCUT2D eigenvalue weighted by atomic mass is 10.2. The van der Waals surface area contributed by atoms with Crippen molar-refractivity contribution < 1.29 is 22.4 Å². The lowest BCUT2D eigenvalue weighted by Gasteiger charge is -2.06. The lowest BCUT2D eigenvalue weighted by molar-refractivity contribution is -0.111. The van der Waals surface area contributed by atoms with Gasteiger partial charge in [-0.25, -0.2) is 13.1 Å². The second-order valence-electron chi connectivity index (χ2n) is 6.45. The van der Waals surface area contributed by atoms with E-state index in [1.165, 1.54) is 24.5 Å². The minimum absolute atomic E-state index is 0.0568. The Morgan fingerprint density at radius 3 is 2.32 bits per heavy atom. The molecule has 0 spiro atoms. The number of hydrogen-bond acceptors (Lipinski definition) is 5. The molecule has 2 aromatic carbocycles. The zero-order chi connectivity index (χ0) is 22.3. The maximum absolute atomic E-state index is 12.3. The SMILES string of the molecule is CNC(=O)c1ccc(NC(=O)/C=C/c2ccc(S(=O)(=O)NCc3ccco3)cc2)cc1. The molecule has 3 aromatic rings. The summed E-state index contributed by atoms with van der Waals surface area (Å²) in [4.78, 5) is 23.7. The van der Waals surface area contributed by atoms with Crippen molar-refractivity contribution in [3.63, 3.8) is 0 Å². The van der Waals surface area contributed by atoms with Crippen LogP contribution < -0.4 is 15.4 Å². The van der Waals surface area contributed by atoms with Crippen LogP contribution in [0.5, 0.6) is 0 Å². The Morgan fingerprint density at radius 1 is 1.00 bits per heavy atom. The van der Waals surface area contributed by atoms with Crippen LogP contribution in [0.1, 0.15) is 21.7 Å². The first-order valence-electron chi connectivity index (χ1n) is 9.31. The van der Waals surface area contributed by atoms with Crippen molar-refractivity contribution in [2.75, 3.05) is 12.4 Å². The Labute approximate surface area is 180 Å². The highest BCUT2D eigenvalue weighted by Crippen LogP contribution is 2.13. The molecule has 3 rings (SSSR count). The zero-order valence-corrected chi connectivity index (χ0v) is 17.5. The van der Waals surface area contributed by atoms with Gasteiger partial charge in [-0.05, 0) is 60.2 Å². The molecule has 0 saturated carbocycles. The number of sulfonamides is 1. The number of amides is 2. The third-order valence-electron chi connectivity index (χ3n) is 4.28. The van der Waals surface area contributed by atoms with Crippen LogP contribution in [0.25, 0.3) is 6.08 Å². The zero-order valence-electron chi connectivity index (χ0n) is 16.7. The summed E-state index contributed by atoms with van der Waals surface area (Å²) in [5, 5.41) is 5.21. The Bertz CT molecular complexity index is 1170. The maximum Gasteiger partial charge on any atom is 0.251 e. The summed E-state index contributed by atoms with van der Waals surface area (Å²) in [5.41, 5.74) is 1.70. The van der Waals surface area contributed by atoms with Crippen LogP contribution in [-0.4, -0.2) is 27.3 Å². The van der Waals surface area contributed by atoms with Gasteiger partial charge in [0.1, 0.15) is 5.76 Å². The first-order chi connectivity index (χ1) is 14.9. The third kappa shape index (κ3) is 6.14. The second kappa shape index (κ2) is 9.88. The highest BCUT2D eigenvalue weighted by atomic mass is 32.2. The summed E-state index contributed by atoms with van der Waals surface area (Å²) in [6.45, 7) is 0.0568. The number of furan rings is 1. The molecule has 2 amide bonds. The quantitative estimate of drug-likeness (QED) is 0.467. The Hall–Kier alpha value is -3.69. The van der Waals surface area contributed by atoms with E-state index in [-0.39, 0.29) is 23.3 Å². The van der Waals surface area contributed by atoms with E-state index < -0.39 is 10.0 Å². The van der Waals surface area contributed by atoms with Crippen molar-refractivity contribution in [3.05, 3.63) is 89.9 Å². The van der Waals surface area contributed by atoms with Crippen LogP contribution in [-0.2, 0) is 21.4 Å². The van der Waals surface area contributed by atoms with Crippen LogP contribution in [0.3, 0.4) is 0 Å². The number of carbonyl (C=O) groups is 2. The molecule has 9 heteroatoms. The smallest absolute Gasteiger partial charge is 0.251 e. The van der Waals surface area contributed by atoms with Crippen LogP contribution >= 0.6 is 0 Å². The number of benzene rings is 2. The van der Waals surface area contributed by atoms with E-state index in [0.717, 1.165) is 0 Å². The van der Waals surface area contributed by atoms with Crippen LogP contribution in [0.4, 0.5) is 5.69 Å². The molecule has 8 nitrogen and oxygen atoms in total. The molecule has 31 heavy (non-hydrogen) atoms. The van der Waals surface area contributed by atoms with Gasteiger partial charge in [-0.15, -0.1) is 0 Å². The first kappa shape index (κ1) is 22.0. The van der Waals surface area contributed by atoms with Gasteiger partial charge in [-0.2, -0.15) is 0 Å². The van der Waals surface area contributed by atoms with E-state index in [0.29, 0.717) is 22.6 Å². The Kier molecular flexibility index (Phi) is 7.01. The summed E-state index contributed by atoms with van der Waals surface area (Å²) in [6, 6.07) is 16.0. The Morgan fingerprint density at radius 2 is 1.71 bits per heavy atom. The van der Waals surface area contributed by atoms with Gasteiger partial charge >= 0.3 is 0 Å². The molecule has 0 aliphatic heterocycles. The highest BCUT2D eigenvalue weighted by molar-refractivity contribution is 7.89. The normalized spacial score (nSPS) is 11.4. The summed E-state index contributed by atoms with van der Waals surface area (Å²) in [6.07, 6.45) is 4.38. The van der Waals surface area contributed by atoms with Crippen molar-refractivity contribution in [1.82, 2.24) is 10.0 Å². The maximum atomic E-state index is 12.3. The molecular weight excluding hydrogens is 418 g/mol. The molecule has 0 unspecified atom stereocenters. The largest absolute Gasteiger partial charge is 0.468 e.